The zero-order chi connectivity index (χ0) is 19.2. The third-order valence-corrected chi connectivity index (χ3v) is 3.48. The summed E-state index contributed by atoms with van der Waals surface area (Å²) in [6.07, 6.45) is 1.13. The van der Waals surface area contributed by atoms with Crippen molar-refractivity contribution in [2.75, 3.05) is 13.4 Å². The summed E-state index contributed by atoms with van der Waals surface area (Å²) < 4.78 is 15.5. The van der Waals surface area contributed by atoms with Crippen LogP contribution in [0, 0.1) is 21.4 Å². The van der Waals surface area contributed by atoms with Crippen molar-refractivity contribution in [3.05, 3.63) is 57.6 Å². The lowest BCUT2D eigenvalue weighted by Gasteiger charge is -2.06. The Morgan fingerprint density at radius 2 is 2.11 bits per heavy atom. The summed E-state index contributed by atoms with van der Waals surface area (Å²) in [5, 5.41) is 23.8. The molecule has 1 N–H and O–H groups in total. The number of fused-ring (bicyclic) bond motifs is 1. The van der Waals surface area contributed by atoms with Gasteiger partial charge in [-0.05, 0) is 18.2 Å². The highest BCUT2D eigenvalue weighted by Crippen LogP contribution is 2.37. The van der Waals surface area contributed by atoms with Gasteiger partial charge in [-0.25, -0.2) is 5.43 Å². The van der Waals surface area contributed by atoms with Gasteiger partial charge in [-0.15, -0.1) is 0 Å². The van der Waals surface area contributed by atoms with Gasteiger partial charge in [0.15, 0.2) is 18.1 Å². The summed E-state index contributed by atoms with van der Waals surface area (Å²) >= 11 is 0. The first-order chi connectivity index (χ1) is 13.1. The van der Waals surface area contributed by atoms with Crippen molar-refractivity contribution >= 4 is 17.8 Å². The number of nitrogens with one attached hydrogen (secondary N) is 1. The second-order valence-electron chi connectivity index (χ2n) is 5.21. The summed E-state index contributed by atoms with van der Waals surface area (Å²) in [7, 11) is 0. The third kappa shape index (κ3) is 4.10. The normalized spacial score (nSPS) is 11.8. The van der Waals surface area contributed by atoms with Crippen molar-refractivity contribution in [1.82, 2.24) is 5.43 Å². The van der Waals surface area contributed by atoms with Crippen LogP contribution in [-0.4, -0.2) is 30.4 Å². The molecule has 10 heteroatoms. The van der Waals surface area contributed by atoms with Crippen LogP contribution in [0.25, 0.3) is 0 Å². The molecule has 0 radical (unpaired) electrons. The zero-order valence-electron chi connectivity index (χ0n) is 13.7. The number of para-hydroxylation sites is 1. The molecule has 0 fully saturated rings. The molecule has 27 heavy (non-hydrogen) atoms. The van der Waals surface area contributed by atoms with Gasteiger partial charge in [0.2, 0.25) is 6.79 Å². The van der Waals surface area contributed by atoms with Crippen LogP contribution in [0.15, 0.2) is 41.5 Å². The molecule has 0 aromatic heterocycles. The molecule has 2 aromatic carbocycles. The van der Waals surface area contributed by atoms with Gasteiger partial charge < -0.3 is 14.2 Å². The monoisotopic (exact) mass is 368 g/mol. The Labute approximate surface area is 152 Å². The van der Waals surface area contributed by atoms with Crippen LogP contribution < -0.4 is 19.6 Å². The lowest BCUT2D eigenvalue weighted by molar-refractivity contribution is -0.385. The number of nitro groups is 1. The first-order valence-corrected chi connectivity index (χ1v) is 7.60. The number of nitrogens with zero attached hydrogens (tertiary/aromatic N) is 3. The molecule has 1 aliphatic rings. The van der Waals surface area contributed by atoms with Gasteiger partial charge in [0, 0.05) is 0 Å². The number of hydrogen-bond acceptors (Lipinski definition) is 8. The number of ether oxygens (including phenoxy) is 3. The minimum Gasteiger partial charge on any atom is -0.482 e. The fourth-order valence-corrected chi connectivity index (χ4v) is 2.24. The molecule has 1 heterocycles. The van der Waals surface area contributed by atoms with Gasteiger partial charge >= 0.3 is 0 Å². The van der Waals surface area contributed by atoms with E-state index in [0.717, 1.165) is 6.21 Å². The van der Waals surface area contributed by atoms with Crippen LogP contribution in [0.3, 0.4) is 0 Å². The van der Waals surface area contributed by atoms with Crippen molar-refractivity contribution in [3.63, 3.8) is 0 Å². The molecule has 0 saturated carbocycles. The van der Waals surface area contributed by atoms with E-state index in [1.165, 1.54) is 12.1 Å². The highest BCUT2D eigenvalue weighted by Gasteiger charge is 2.22. The Balaban J connectivity index is 1.63. The largest absolute Gasteiger partial charge is 0.482 e. The molecule has 0 unspecified atom stereocenters. The lowest BCUT2D eigenvalue weighted by Crippen LogP contribution is -2.24. The standard InChI is InChI=1S/C17H12N4O6/c18-7-11-3-1-2-4-14(11)25-9-17(22)20-19-8-12-5-15-16(27-10-26-15)6-13(12)21(23)24/h1-6,8H,9-10H2,(H,20,22)/b19-8+. The Morgan fingerprint density at radius 3 is 2.85 bits per heavy atom. The van der Waals surface area contributed by atoms with Crippen LogP contribution in [-0.2, 0) is 4.79 Å². The number of rotatable bonds is 6. The Morgan fingerprint density at radius 1 is 1.37 bits per heavy atom. The highest BCUT2D eigenvalue weighted by atomic mass is 16.7. The van der Waals surface area contributed by atoms with E-state index >= 15 is 0 Å². The predicted molar refractivity (Wildman–Crippen MR) is 91.6 cm³/mol. The van der Waals surface area contributed by atoms with E-state index in [1.807, 2.05) is 6.07 Å². The molecular weight excluding hydrogens is 356 g/mol. The fraction of sp³-hybridized carbons (Fsp3) is 0.118. The number of nitro benzene ring substituents is 1. The van der Waals surface area contributed by atoms with E-state index in [-0.39, 0.29) is 36.1 Å². The first-order valence-electron chi connectivity index (χ1n) is 7.60. The van der Waals surface area contributed by atoms with Crippen molar-refractivity contribution in [2.45, 2.75) is 0 Å². The van der Waals surface area contributed by atoms with Gasteiger partial charge in [-0.1, -0.05) is 12.1 Å². The van der Waals surface area contributed by atoms with Crippen LogP contribution in [0.2, 0.25) is 0 Å². The maximum absolute atomic E-state index is 11.8. The Hall–Kier alpha value is -4.13. The zero-order valence-corrected chi connectivity index (χ0v) is 13.7. The average molecular weight is 368 g/mol. The van der Waals surface area contributed by atoms with Crippen molar-refractivity contribution < 1.29 is 23.9 Å². The van der Waals surface area contributed by atoms with Crippen molar-refractivity contribution in [2.24, 2.45) is 5.10 Å². The molecule has 3 rings (SSSR count). The van der Waals surface area contributed by atoms with E-state index < -0.39 is 10.8 Å². The summed E-state index contributed by atoms with van der Waals surface area (Å²) in [5.74, 6) is 0.296. The third-order valence-electron chi connectivity index (χ3n) is 3.48. The minimum atomic E-state index is -0.595. The van der Waals surface area contributed by atoms with Crippen molar-refractivity contribution in [1.29, 1.82) is 5.26 Å². The van der Waals surface area contributed by atoms with Crippen LogP contribution in [0.5, 0.6) is 17.2 Å². The fourth-order valence-electron chi connectivity index (χ4n) is 2.24. The van der Waals surface area contributed by atoms with E-state index in [2.05, 4.69) is 10.5 Å². The average Bonchev–Trinajstić information content (AvgIpc) is 3.13. The number of amides is 1. The molecule has 2 aromatic rings. The second kappa shape index (κ2) is 7.83. The number of nitriles is 1. The quantitative estimate of drug-likeness (QED) is 0.466. The number of carbonyl (C=O) groups is 1. The number of carbonyl (C=O) groups excluding carboxylic acids is 1. The lowest BCUT2D eigenvalue weighted by atomic mass is 10.1. The van der Waals surface area contributed by atoms with Gasteiger partial charge in [-0.3, -0.25) is 14.9 Å². The topological polar surface area (TPSA) is 136 Å². The summed E-state index contributed by atoms with van der Waals surface area (Å²) in [5.41, 5.74) is 2.40. The molecule has 10 nitrogen and oxygen atoms in total. The summed E-state index contributed by atoms with van der Waals surface area (Å²) in [4.78, 5) is 22.4. The predicted octanol–water partition coefficient (Wildman–Crippen LogP) is 1.72. The molecule has 136 valence electrons. The molecule has 0 atom stereocenters. The Kier molecular flexibility index (Phi) is 5.13. The number of benzene rings is 2. The van der Waals surface area contributed by atoms with Gasteiger partial charge in [0.1, 0.15) is 11.8 Å². The molecule has 0 aliphatic carbocycles. The SMILES string of the molecule is N#Cc1ccccc1OCC(=O)N/N=C/c1cc2c(cc1[N+](=O)[O-])OCO2. The molecule has 0 spiro atoms. The highest BCUT2D eigenvalue weighted by molar-refractivity contribution is 5.88. The molecule has 1 amide bonds. The number of hydrazone groups is 1. The van der Waals surface area contributed by atoms with E-state index in [9.17, 15) is 14.9 Å². The van der Waals surface area contributed by atoms with E-state index in [1.54, 1.807) is 24.3 Å². The van der Waals surface area contributed by atoms with Gasteiger partial charge in [-0.2, -0.15) is 10.4 Å². The first kappa shape index (κ1) is 17.7. The second-order valence-corrected chi connectivity index (χ2v) is 5.21. The molecular formula is C17H12N4O6. The van der Waals surface area contributed by atoms with E-state index in [0.29, 0.717) is 11.3 Å². The molecule has 0 bridgehead atoms. The summed E-state index contributed by atoms with van der Waals surface area (Å²) in [6.45, 7) is -0.398. The van der Waals surface area contributed by atoms with Crippen LogP contribution in [0.4, 0.5) is 5.69 Å². The van der Waals surface area contributed by atoms with Gasteiger partial charge in [0.25, 0.3) is 11.6 Å². The molecule has 0 saturated heterocycles. The smallest absolute Gasteiger partial charge is 0.282 e. The maximum atomic E-state index is 11.8. The van der Waals surface area contributed by atoms with Crippen LogP contribution in [0.1, 0.15) is 11.1 Å². The van der Waals surface area contributed by atoms with Gasteiger partial charge in [0.05, 0.1) is 28.3 Å². The Bertz CT molecular complexity index is 966. The molecule has 1 aliphatic heterocycles. The maximum Gasteiger partial charge on any atom is 0.282 e. The minimum absolute atomic E-state index is 0.0225. The number of hydrogen-bond donors (Lipinski definition) is 1. The van der Waals surface area contributed by atoms with Crippen LogP contribution >= 0.6 is 0 Å². The van der Waals surface area contributed by atoms with Crippen molar-refractivity contribution in [3.8, 4) is 23.3 Å². The van der Waals surface area contributed by atoms with E-state index in [4.69, 9.17) is 19.5 Å². The summed E-state index contributed by atoms with van der Waals surface area (Å²) in [6, 6.07) is 11.0.